The zero-order valence-corrected chi connectivity index (χ0v) is 6.52. The molecule has 0 atom stereocenters. The standard InChI is InChI=1S/C7H7N3O3/c8-3-1-2-4(11)5-6(3)13-10(12)7(5)9/h1-2,11H,8-9H2. The van der Waals surface area contributed by atoms with Crippen molar-refractivity contribution in [3.8, 4) is 5.75 Å². The minimum atomic E-state index is -0.195. The Morgan fingerprint density at radius 2 is 2.08 bits per heavy atom. The van der Waals surface area contributed by atoms with Crippen molar-refractivity contribution in [2.45, 2.75) is 0 Å². The summed E-state index contributed by atoms with van der Waals surface area (Å²) in [4.78, 5) is 0.112. The van der Waals surface area contributed by atoms with Crippen LogP contribution in [0.5, 0.6) is 5.75 Å². The highest BCUT2D eigenvalue weighted by Crippen LogP contribution is 2.32. The van der Waals surface area contributed by atoms with Crippen molar-refractivity contribution in [2.24, 2.45) is 0 Å². The molecule has 0 spiro atoms. The third-order valence-corrected chi connectivity index (χ3v) is 1.79. The third-order valence-electron chi connectivity index (χ3n) is 1.79. The van der Waals surface area contributed by atoms with Crippen molar-refractivity contribution in [3.05, 3.63) is 17.3 Å². The first-order valence-corrected chi connectivity index (χ1v) is 3.50. The van der Waals surface area contributed by atoms with Gasteiger partial charge in [0, 0.05) is 0 Å². The predicted molar refractivity (Wildman–Crippen MR) is 45.7 cm³/mol. The number of nitrogens with two attached hydrogens (primary N) is 2. The largest absolute Gasteiger partial charge is 0.507 e. The molecule has 1 heterocycles. The summed E-state index contributed by atoms with van der Waals surface area (Å²) in [6, 6.07) is 2.78. The number of aromatic hydroxyl groups is 1. The van der Waals surface area contributed by atoms with E-state index in [1.807, 2.05) is 0 Å². The molecule has 1 aromatic heterocycles. The number of nitrogen functional groups attached to an aromatic ring is 2. The summed E-state index contributed by atoms with van der Waals surface area (Å²) in [5.41, 5.74) is 11.2. The highest BCUT2D eigenvalue weighted by Gasteiger charge is 2.15. The van der Waals surface area contributed by atoms with E-state index in [1.165, 1.54) is 12.1 Å². The van der Waals surface area contributed by atoms with Crippen molar-refractivity contribution in [2.75, 3.05) is 11.5 Å². The van der Waals surface area contributed by atoms with Crippen molar-refractivity contribution in [1.82, 2.24) is 0 Å². The molecule has 6 nitrogen and oxygen atoms in total. The minimum Gasteiger partial charge on any atom is -0.507 e. The van der Waals surface area contributed by atoms with Crippen molar-refractivity contribution < 1.29 is 14.5 Å². The Labute approximate surface area is 72.5 Å². The lowest BCUT2D eigenvalue weighted by Gasteiger charge is -1.96. The third kappa shape index (κ3) is 0.851. The zero-order chi connectivity index (χ0) is 9.59. The lowest BCUT2D eigenvalue weighted by molar-refractivity contribution is -0.776. The molecule has 2 aromatic rings. The molecule has 0 saturated heterocycles. The summed E-state index contributed by atoms with van der Waals surface area (Å²) in [5, 5.41) is 20.4. The molecule has 0 saturated carbocycles. The topological polar surface area (TPSA) is 112 Å². The SMILES string of the molecule is Nc1ccc(O)c2c(N)[n+]([O-])oc12. The lowest BCUT2D eigenvalue weighted by atomic mass is 10.2. The van der Waals surface area contributed by atoms with Crippen molar-refractivity contribution in [1.29, 1.82) is 0 Å². The second kappa shape index (κ2) is 2.19. The lowest BCUT2D eigenvalue weighted by Crippen LogP contribution is -2.26. The first-order chi connectivity index (χ1) is 6.11. The molecule has 0 aliphatic carbocycles. The summed E-state index contributed by atoms with van der Waals surface area (Å²) < 4.78 is 4.66. The van der Waals surface area contributed by atoms with Crippen LogP contribution in [0.25, 0.3) is 11.0 Å². The smallest absolute Gasteiger partial charge is 0.325 e. The molecule has 0 unspecified atom stereocenters. The summed E-state index contributed by atoms with van der Waals surface area (Å²) >= 11 is 0. The highest BCUT2D eigenvalue weighted by atomic mass is 16.7. The number of phenolic OH excluding ortho intramolecular Hbond substituents is 1. The number of aromatic nitrogens is 1. The van der Waals surface area contributed by atoms with Gasteiger partial charge < -0.3 is 20.6 Å². The van der Waals surface area contributed by atoms with E-state index >= 15 is 0 Å². The van der Waals surface area contributed by atoms with Crippen LogP contribution in [0.3, 0.4) is 0 Å². The van der Waals surface area contributed by atoms with Gasteiger partial charge in [0.05, 0.1) is 11.3 Å². The van der Waals surface area contributed by atoms with Gasteiger partial charge in [0.15, 0.2) is 0 Å². The normalized spacial score (nSPS) is 10.8. The summed E-state index contributed by atoms with van der Waals surface area (Å²) in [7, 11) is 0. The molecule has 68 valence electrons. The first kappa shape index (κ1) is 7.53. The van der Waals surface area contributed by atoms with Crippen LogP contribution in [0, 0.1) is 5.21 Å². The fourth-order valence-corrected chi connectivity index (χ4v) is 1.16. The van der Waals surface area contributed by atoms with Crippen molar-refractivity contribution in [3.63, 3.8) is 0 Å². The Kier molecular flexibility index (Phi) is 1.27. The van der Waals surface area contributed by atoms with Gasteiger partial charge in [0.25, 0.3) is 0 Å². The Bertz CT molecular complexity index is 477. The van der Waals surface area contributed by atoms with E-state index in [2.05, 4.69) is 4.52 Å². The molecule has 6 heteroatoms. The van der Waals surface area contributed by atoms with Crippen LogP contribution in [-0.4, -0.2) is 5.11 Å². The first-order valence-electron chi connectivity index (χ1n) is 3.50. The average Bonchev–Trinajstić information content (AvgIpc) is 2.38. The molecule has 13 heavy (non-hydrogen) atoms. The van der Waals surface area contributed by atoms with Gasteiger partial charge in [0.2, 0.25) is 0 Å². The average molecular weight is 181 g/mol. The fourth-order valence-electron chi connectivity index (χ4n) is 1.16. The van der Waals surface area contributed by atoms with E-state index in [9.17, 15) is 10.3 Å². The van der Waals surface area contributed by atoms with E-state index < -0.39 is 0 Å². The van der Waals surface area contributed by atoms with E-state index in [1.54, 1.807) is 0 Å². The van der Waals surface area contributed by atoms with Gasteiger partial charge in [-0.05, 0) is 17.0 Å². The Hall–Kier alpha value is -2.11. The Morgan fingerprint density at radius 3 is 2.69 bits per heavy atom. The van der Waals surface area contributed by atoms with Gasteiger partial charge in [-0.2, -0.15) is 0 Å². The van der Waals surface area contributed by atoms with Gasteiger partial charge in [-0.3, -0.25) is 5.73 Å². The van der Waals surface area contributed by atoms with Crippen molar-refractivity contribution >= 4 is 22.5 Å². The van der Waals surface area contributed by atoms with Gasteiger partial charge in [-0.1, -0.05) is 0 Å². The predicted octanol–water partition coefficient (Wildman–Crippen LogP) is -0.0638. The molecule has 5 N–H and O–H groups in total. The number of nitrogens with zero attached hydrogens (tertiary/aromatic N) is 1. The number of anilines is 2. The zero-order valence-electron chi connectivity index (χ0n) is 6.52. The van der Waals surface area contributed by atoms with Crippen LogP contribution in [0.1, 0.15) is 0 Å². The number of hydrogen-bond acceptors (Lipinski definition) is 5. The monoisotopic (exact) mass is 181 g/mol. The summed E-state index contributed by atoms with van der Waals surface area (Å²) in [6.07, 6.45) is 0. The summed E-state index contributed by atoms with van der Waals surface area (Å²) in [6.45, 7) is 0. The molecule has 0 fully saturated rings. The molecular weight excluding hydrogens is 174 g/mol. The van der Waals surface area contributed by atoms with Crippen LogP contribution < -0.4 is 16.4 Å². The van der Waals surface area contributed by atoms with Crippen LogP contribution in [-0.2, 0) is 0 Å². The Balaban J connectivity index is 3.00. The molecule has 0 bridgehead atoms. The second-order valence-electron chi connectivity index (χ2n) is 2.61. The van der Waals surface area contributed by atoms with Gasteiger partial charge >= 0.3 is 5.82 Å². The molecule has 0 aliphatic heterocycles. The highest BCUT2D eigenvalue weighted by molar-refractivity contribution is 5.97. The fraction of sp³-hybridized carbons (Fsp3) is 0. The number of benzene rings is 1. The van der Waals surface area contributed by atoms with Crippen LogP contribution in [0.2, 0.25) is 0 Å². The Morgan fingerprint density at radius 1 is 1.38 bits per heavy atom. The molecule has 0 aliphatic rings. The van der Waals surface area contributed by atoms with Crippen LogP contribution >= 0.6 is 0 Å². The molecular formula is C7H7N3O3. The molecule has 2 rings (SSSR count). The molecule has 0 radical (unpaired) electrons. The maximum atomic E-state index is 10.9. The summed E-state index contributed by atoms with van der Waals surface area (Å²) in [5.74, 6) is -0.320. The second-order valence-corrected chi connectivity index (χ2v) is 2.61. The van der Waals surface area contributed by atoms with Gasteiger partial charge in [-0.25, -0.2) is 0 Å². The van der Waals surface area contributed by atoms with E-state index in [4.69, 9.17) is 11.5 Å². The van der Waals surface area contributed by atoms with E-state index in [0.29, 0.717) is 0 Å². The number of hydrogen-bond donors (Lipinski definition) is 3. The minimum absolute atomic E-state index is 0.104. The number of phenols is 1. The van der Waals surface area contributed by atoms with E-state index in [-0.39, 0.29) is 33.1 Å². The number of rotatable bonds is 0. The maximum Gasteiger partial charge on any atom is 0.325 e. The molecule has 0 amide bonds. The van der Waals surface area contributed by atoms with Gasteiger partial charge in [-0.15, -0.1) is 0 Å². The number of fused-ring (bicyclic) bond motifs is 1. The van der Waals surface area contributed by atoms with Crippen LogP contribution in [0.15, 0.2) is 16.7 Å². The van der Waals surface area contributed by atoms with E-state index in [0.717, 1.165) is 0 Å². The quantitative estimate of drug-likeness (QED) is 0.299. The molecule has 1 aromatic carbocycles. The maximum absolute atomic E-state index is 10.9. The van der Waals surface area contributed by atoms with Gasteiger partial charge in [0.1, 0.15) is 11.1 Å². The van der Waals surface area contributed by atoms with Crippen LogP contribution in [0.4, 0.5) is 11.5 Å².